The Morgan fingerprint density at radius 1 is 0.783 bits per heavy atom. The molecule has 0 aliphatic rings. The quantitative estimate of drug-likeness (QED) is 0.0975. The number of esters is 1. The number of anilines is 2. The van der Waals surface area contributed by atoms with Crippen molar-refractivity contribution in [1.82, 2.24) is 5.32 Å². The zero-order valence-electron chi connectivity index (χ0n) is 25.7. The van der Waals surface area contributed by atoms with Crippen molar-refractivity contribution in [3.05, 3.63) is 119 Å². The molecule has 3 N–H and O–H groups in total. The highest BCUT2D eigenvalue weighted by atomic mass is 32.2. The minimum atomic E-state index is -0.575. The summed E-state index contributed by atoms with van der Waals surface area (Å²) in [5.41, 5.74) is 1.93. The first-order valence-electron chi connectivity index (χ1n) is 14.1. The van der Waals surface area contributed by atoms with Crippen LogP contribution in [-0.4, -0.2) is 50.3 Å². The molecule has 0 aliphatic carbocycles. The summed E-state index contributed by atoms with van der Waals surface area (Å²) in [5.74, 6) is -0.907. The molecule has 0 saturated carbocycles. The first-order chi connectivity index (χ1) is 22.2. The van der Waals surface area contributed by atoms with E-state index in [-0.39, 0.29) is 17.2 Å². The molecule has 0 aromatic heterocycles. The lowest BCUT2D eigenvalue weighted by atomic mass is 10.1. The number of carbonyl (C=O) groups excluding carboxylic acids is 4. The number of methoxy groups -OCH3 is 3. The van der Waals surface area contributed by atoms with E-state index in [9.17, 15) is 19.2 Å². The van der Waals surface area contributed by atoms with Crippen molar-refractivity contribution in [3.8, 4) is 11.5 Å². The molecule has 1 unspecified atom stereocenters. The lowest BCUT2D eigenvalue weighted by Crippen LogP contribution is -2.30. The summed E-state index contributed by atoms with van der Waals surface area (Å²) in [6, 6.07) is 27.2. The highest BCUT2D eigenvalue weighted by Crippen LogP contribution is 2.29. The Morgan fingerprint density at radius 2 is 1.52 bits per heavy atom. The summed E-state index contributed by atoms with van der Waals surface area (Å²) in [7, 11) is 4.31. The number of rotatable bonds is 12. The molecule has 11 heteroatoms. The molecule has 0 saturated heterocycles. The SMILES string of the molecule is COC(=O)c1ccccc1NC(=O)C(C)Sc1cccc(NC(=O)/C(=C\c2ccc(OC)cc2OC)NC(=O)c2ccccc2)c1. The second kappa shape index (κ2) is 16.0. The topological polar surface area (TPSA) is 132 Å². The zero-order chi connectivity index (χ0) is 33.1. The number of amides is 3. The van der Waals surface area contributed by atoms with Crippen LogP contribution in [0.3, 0.4) is 0 Å². The van der Waals surface area contributed by atoms with Crippen LogP contribution < -0.4 is 25.4 Å². The van der Waals surface area contributed by atoms with Crippen molar-refractivity contribution < 1.29 is 33.4 Å². The van der Waals surface area contributed by atoms with E-state index in [1.165, 1.54) is 39.2 Å². The summed E-state index contributed by atoms with van der Waals surface area (Å²) in [6.45, 7) is 1.73. The number of thioether (sulfide) groups is 1. The second-order valence-electron chi connectivity index (χ2n) is 9.75. The molecule has 0 spiro atoms. The van der Waals surface area contributed by atoms with Crippen molar-refractivity contribution in [2.45, 2.75) is 17.1 Å². The molecule has 0 heterocycles. The monoisotopic (exact) mass is 639 g/mol. The number of para-hydroxylation sites is 1. The van der Waals surface area contributed by atoms with Crippen LogP contribution in [0.4, 0.5) is 11.4 Å². The number of benzene rings is 4. The predicted octanol–water partition coefficient (Wildman–Crippen LogP) is 6.02. The van der Waals surface area contributed by atoms with Gasteiger partial charge in [0, 0.05) is 27.8 Å². The summed E-state index contributed by atoms with van der Waals surface area (Å²) >= 11 is 1.27. The van der Waals surface area contributed by atoms with Crippen molar-refractivity contribution >= 4 is 52.9 Å². The molecular formula is C35H33N3O7S. The molecule has 0 aliphatic heterocycles. The maximum Gasteiger partial charge on any atom is 0.339 e. The minimum Gasteiger partial charge on any atom is -0.497 e. The third-order valence-corrected chi connectivity index (χ3v) is 7.73. The van der Waals surface area contributed by atoms with Gasteiger partial charge in [-0.25, -0.2) is 4.79 Å². The van der Waals surface area contributed by atoms with Crippen LogP contribution in [0, 0.1) is 0 Å². The Bertz CT molecular complexity index is 1760. The van der Waals surface area contributed by atoms with Gasteiger partial charge in [-0.3, -0.25) is 14.4 Å². The molecule has 46 heavy (non-hydrogen) atoms. The van der Waals surface area contributed by atoms with E-state index in [0.717, 1.165) is 0 Å². The van der Waals surface area contributed by atoms with Gasteiger partial charge in [0.2, 0.25) is 5.91 Å². The standard InChI is InChI=1S/C35H33N3O7S/c1-22(32(39)37-29-16-9-8-15-28(29)35(42)45-4)46-27-14-10-13-25(20-27)36-34(41)30(38-33(40)23-11-6-5-7-12-23)19-24-17-18-26(43-2)21-31(24)44-3/h5-22H,1-4H3,(H,36,41)(H,37,39)(H,38,40)/b30-19+. The molecule has 1 atom stereocenters. The summed E-state index contributed by atoms with van der Waals surface area (Å²) in [4.78, 5) is 52.4. The minimum absolute atomic E-state index is 0.0209. The van der Waals surface area contributed by atoms with E-state index in [2.05, 4.69) is 16.0 Å². The zero-order valence-corrected chi connectivity index (χ0v) is 26.5. The van der Waals surface area contributed by atoms with Crippen molar-refractivity contribution in [2.24, 2.45) is 0 Å². The highest BCUT2D eigenvalue weighted by Gasteiger charge is 2.20. The molecule has 4 aromatic carbocycles. The second-order valence-corrected chi connectivity index (χ2v) is 11.2. The lowest BCUT2D eigenvalue weighted by molar-refractivity contribution is -0.115. The highest BCUT2D eigenvalue weighted by molar-refractivity contribution is 8.00. The van der Waals surface area contributed by atoms with E-state index in [1.54, 1.807) is 97.9 Å². The largest absolute Gasteiger partial charge is 0.497 e. The fourth-order valence-corrected chi connectivity index (χ4v) is 5.18. The van der Waals surface area contributed by atoms with Gasteiger partial charge < -0.3 is 30.2 Å². The van der Waals surface area contributed by atoms with Gasteiger partial charge >= 0.3 is 5.97 Å². The van der Waals surface area contributed by atoms with E-state index < -0.39 is 23.0 Å². The van der Waals surface area contributed by atoms with Crippen molar-refractivity contribution in [1.29, 1.82) is 0 Å². The van der Waals surface area contributed by atoms with Crippen LogP contribution in [-0.2, 0) is 14.3 Å². The van der Waals surface area contributed by atoms with Gasteiger partial charge in [0.15, 0.2) is 0 Å². The Morgan fingerprint density at radius 3 is 2.24 bits per heavy atom. The van der Waals surface area contributed by atoms with E-state index in [4.69, 9.17) is 14.2 Å². The first kappa shape index (κ1) is 33.3. The number of hydrogen-bond donors (Lipinski definition) is 3. The molecular weight excluding hydrogens is 606 g/mol. The van der Waals surface area contributed by atoms with Crippen molar-refractivity contribution in [2.75, 3.05) is 32.0 Å². The lowest BCUT2D eigenvalue weighted by Gasteiger charge is -2.15. The third-order valence-electron chi connectivity index (χ3n) is 6.63. The van der Waals surface area contributed by atoms with Crippen LogP contribution in [0.25, 0.3) is 6.08 Å². The molecule has 0 bridgehead atoms. The molecule has 0 radical (unpaired) electrons. The fourth-order valence-electron chi connectivity index (χ4n) is 4.25. The average Bonchev–Trinajstić information content (AvgIpc) is 3.08. The average molecular weight is 640 g/mol. The first-order valence-corrected chi connectivity index (χ1v) is 15.0. The number of carbonyl (C=O) groups is 4. The normalized spacial score (nSPS) is 11.5. The molecule has 0 fully saturated rings. The van der Waals surface area contributed by atoms with Crippen LogP contribution in [0.2, 0.25) is 0 Å². The van der Waals surface area contributed by atoms with Crippen LogP contribution >= 0.6 is 11.8 Å². The van der Waals surface area contributed by atoms with Crippen LogP contribution in [0.5, 0.6) is 11.5 Å². The van der Waals surface area contributed by atoms with Gasteiger partial charge in [0.1, 0.15) is 17.2 Å². The van der Waals surface area contributed by atoms with E-state index in [0.29, 0.717) is 38.9 Å². The van der Waals surface area contributed by atoms with Crippen LogP contribution in [0.1, 0.15) is 33.2 Å². The third kappa shape index (κ3) is 8.76. The van der Waals surface area contributed by atoms with Gasteiger partial charge in [-0.1, -0.05) is 36.4 Å². The van der Waals surface area contributed by atoms with E-state index in [1.807, 2.05) is 6.07 Å². The Labute approximate surface area is 271 Å². The Balaban J connectivity index is 1.53. The fraction of sp³-hybridized carbons (Fsp3) is 0.143. The number of ether oxygens (including phenoxy) is 3. The Kier molecular flexibility index (Phi) is 11.6. The molecule has 3 amide bonds. The maximum atomic E-state index is 13.6. The molecule has 4 rings (SSSR count). The van der Waals surface area contributed by atoms with Crippen LogP contribution in [0.15, 0.2) is 108 Å². The van der Waals surface area contributed by atoms with Gasteiger partial charge in [-0.2, -0.15) is 0 Å². The predicted molar refractivity (Wildman–Crippen MR) is 178 cm³/mol. The maximum absolute atomic E-state index is 13.6. The summed E-state index contributed by atoms with van der Waals surface area (Å²) < 4.78 is 15.6. The Hall–Kier alpha value is -5.55. The van der Waals surface area contributed by atoms with Gasteiger partial charge in [-0.15, -0.1) is 11.8 Å². The number of hydrogen-bond acceptors (Lipinski definition) is 8. The number of nitrogens with one attached hydrogen (secondary N) is 3. The summed E-state index contributed by atoms with van der Waals surface area (Å²) in [5, 5.41) is 7.78. The summed E-state index contributed by atoms with van der Waals surface area (Å²) in [6.07, 6.45) is 1.52. The van der Waals surface area contributed by atoms with Crippen molar-refractivity contribution in [3.63, 3.8) is 0 Å². The van der Waals surface area contributed by atoms with Gasteiger partial charge in [-0.05, 0) is 67.6 Å². The molecule has 10 nitrogen and oxygen atoms in total. The van der Waals surface area contributed by atoms with E-state index >= 15 is 0 Å². The smallest absolute Gasteiger partial charge is 0.339 e. The van der Waals surface area contributed by atoms with Gasteiger partial charge in [0.05, 0.1) is 37.8 Å². The molecule has 4 aromatic rings. The molecule has 236 valence electrons. The van der Waals surface area contributed by atoms with Gasteiger partial charge in [0.25, 0.3) is 11.8 Å².